The van der Waals surface area contributed by atoms with Crippen molar-refractivity contribution in [3.05, 3.63) is 106 Å². The number of carbonyl (C=O) groups excluding carboxylic acids is 2. The minimum Gasteiger partial charge on any atom is -0.338 e. The van der Waals surface area contributed by atoms with Gasteiger partial charge in [-0.25, -0.2) is 4.98 Å². The number of imidazole rings is 1. The fourth-order valence-electron chi connectivity index (χ4n) is 3.52. The maximum Gasteiger partial charge on any atom is 0.257 e. The fourth-order valence-corrected chi connectivity index (χ4v) is 4.05. The van der Waals surface area contributed by atoms with Gasteiger partial charge < -0.3 is 15.6 Å². The average molecular weight is 502 g/mol. The van der Waals surface area contributed by atoms with Crippen molar-refractivity contribution in [1.29, 1.82) is 0 Å². The Labute approximate surface area is 210 Å². The number of benzene rings is 3. The summed E-state index contributed by atoms with van der Waals surface area (Å²) in [5.74, 6) is 0.108. The third-order valence-corrected chi connectivity index (χ3v) is 5.64. The Kier molecular flexibility index (Phi) is 6.18. The van der Waals surface area contributed by atoms with Crippen molar-refractivity contribution in [2.75, 3.05) is 10.6 Å². The molecule has 3 aromatic carbocycles. The lowest BCUT2D eigenvalue weighted by atomic mass is 10.1. The van der Waals surface area contributed by atoms with Gasteiger partial charge in [0, 0.05) is 44.9 Å². The number of hydrogen-bond acceptors (Lipinski definition) is 4. The van der Waals surface area contributed by atoms with Crippen LogP contribution in [0.15, 0.2) is 85.2 Å². The van der Waals surface area contributed by atoms with Crippen LogP contribution in [0.25, 0.3) is 22.4 Å². The first-order valence-corrected chi connectivity index (χ1v) is 11.3. The summed E-state index contributed by atoms with van der Waals surface area (Å²) in [6.07, 6.45) is 3.13. The van der Waals surface area contributed by atoms with E-state index in [1.54, 1.807) is 54.7 Å². The highest BCUT2D eigenvalue weighted by Gasteiger charge is 2.11. The van der Waals surface area contributed by atoms with Crippen molar-refractivity contribution >= 4 is 57.4 Å². The van der Waals surface area contributed by atoms with Crippen LogP contribution < -0.4 is 10.6 Å². The largest absolute Gasteiger partial charge is 0.338 e. The summed E-state index contributed by atoms with van der Waals surface area (Å²) in [5, 5.41) is 6.47. The molecule has 0 radical (unpaired) electrons. The van der Waals surface area contributed by atoms with Crippen LogP contribution in [-0.2, 0) is 0 Å². The van der Waals surface area contributed by atoms with E-state index in [2.05, 4.69) is 25.6 Å². The Morgan fingerprint density at radius 2 is 1.46 bits per heavy atom. The van der Waals surface area contributed by atoms with Crippen molar-refractivity contribution < 1.29 is 9.59 Å². The third-order valence-electron chi connectivity index (χ3n) is 5.20. The van der Waals surface area contributed by atoms with Crippen LogP contribution in [0, 0.1) is 0 Å². The number of aromatic amines is 1. The summed E-state index contributed by atoms with van der Waals surface area (Å²) in [7, 11) is 0. The summed E-state index contributed by atoms with van der Waals surface area (Å²) in [6.45, 7) is 0. The van der Waals surface area contributed by atoms with E-state index in [4.69, 9.17) is 23.2 Å². The first kappa shape index (κ1) is 22.6. The van der Waals surface area contributed by atoms with Crippen molar-refractivity contribution in [1.82, 2.24) is 15.0 Å². The molecule has 0 saturated carbocycles. The molecule has 0 atom stereocenters. The van der Waals surface area contributed by atoms with Gasteiger partial charge in [-0.2, -0.15) is 0 Å². The summed E-state index contributed by atoms with van der Waals surface area (Å²) in [5.41, 5.74) is 4.48. The van der Waals surface area contributed by atoms with Crippen LogP contribution in [0.3, 0.4) is 0 Å². The van der Waals surface area contributed by atoms with E-state index < -0.39 is 0 Å². The van der Waals surface area contributed by atoms with Crippen LogP contribution in [0.2, 0.25) is 10.0 Å². The smallest absolute Gasteiger partial charge is 0.257 e. The van der Waals surface area contributed by atoms with E-state index >= 15 is 0 Å². The van der Waals surface area contributed by atoms with E-state index in [-0.39, 0.29) is 11.8 Å². The first-order valence-electron chi connectivity index (χ1n) is 10.5. The summed E-state index contributed by atoms with van der Waals surface area (Å²) in [6, 6.07) is 20.8. The lowest BCUT2D eigenvalue weighted by molar-refractivity contribution is 0.101. The number of H-pyrrole nitrogens is 1. The minimum absolute atomic E-state index is 0.241. The zero-order valence-electron chi connectivity index (χ0n) is 18.0. The van der Waals surface area contributed by atoms with Gasteiger partial charge in [-0.3, -0.25) is 14.6 Å². The predicted molar refractivity (Wildman–Crippen MR) is 138 cm³/mol. The van der Waals surface area contributed by atoms with Crippen molar-refractivity contribution in [2.24, 2.45) is 0 Å². The lowest BCUT2D eigenvalue weighted by Gasteiger charge is -2.07. The molecule has 0 fully saturated rings. The van der Waals surface area contributed by atoms with Crippen LogP contribution in [0.1, 0.15) is 20.7 Å². The molecule has 0 aliphatic rings. The van der Waals surface area contributed by atoms with Crippen LogP contribution >= 0.6 is 23.2 Å². The van der Waals surface area contributed by atoms with Crippen molar-refractivity contribution in [2.45, 2.75) is 0 Å². The maximum atomic E-state index is 12.5. The Hall–Kier alpha value is -4.20. The molecule has 5 aromatic rings. The van der Waals surface area contributed by atoms with Crippen molar-refractivity contribution in [3.63, 3.8) is 0 Å². The molecule has 0 aliphatic heterocycles. The van der Waals surface area contributed by atoms with E-state index in [0.717, 1.165) is 16.6 Å². The number of fused-ring (bicyclic) bond motifs is 1. The molecule has 7 nitrogen and oxygen atoms in total. The van der Waals surface area contributed by atoms with Gasteiger partial charge in [0.2, 0.25) is 0 Å². The Morgan fingerprint density at radius 3 is 2.17 bits per heavy atom. The van der Waals surface area contributed by atoms with Crippen molar-refractivity contribution in [3.8, 4) is 11.4 Å². The van der Waals surface area contributed by atoms with Gasteiger partial charge in [-0.05, 0) is 72.8 Å². The van der Waals surface area contributed by atoms with Gasteiger partial charge in [0.25, 0.3) is 11.8 Å². The zero-order chi connectivity index (χ0) is 24.4. The topological polar surface area (TPSA) is 99.8 Å². The van der Waals surface area contributed by atoms with Gasteiger partial charge in [-0.1, -0.05) is 23.2 Å². The molecular formula is C26H17Cl2N5O2. The molecule has 9 heteroatoms. The van der Waals surface area contributed by atoms with E-state index in [1.165, 1.54) is 6.20 Å². The van der Waals surface area contributed by atoms with Gasteiger partial charge in [0.05, 0.1) is 16.6 Å². The summed E-state index contributed by atoms with van der Waals surface area (Å²) >= 11 is 12.0. The maximum absolute atomic E-state index is 12.5. The highest BCUT2D eigenvalue weighted by molar-refractivity contribution is 6.35. The molecule has 5 rings (SSSR count). The SMILES string of the molecule is O=C(Nc1ccc2nc(-c3ccc(NC(=O)c4cc(Cl)cc(Cl)c4)cc3)[nH]c2c1)c1cccnc1. The van der Waals surface area contributed by atoms with Crippen LogP contribution in [-0.4, -0.2) is 26.8 Å². The molecule has 35 heavy (non-hydrogen) atoms. The molecule has 3 N–H and O–H groups in total. The molecule has 0 spiro atoms. The number of anilines is 2. The van der Waals surface area contributed by atoms with E-state index in [1.807, 2.05) is 24.3 Å². The number of halogens is 2. The van der Waals surface area contributed by atoms with E-state index in [9.17, 15) is 9.59 Å². The summed E-state index contributed by atoms with van der Waals surface area (Å²) in [4.78, 5) is 36.8. The quantitative estimate of drug-likeness (QED) is 0.258. The molecule has 2 heterocycles. The standard InChI is InChI=1S/C26H17Cl2N5O2/c27-18-10-17(11-19(28)12-18)26(35)30-20-5-3-15(4-6-20)24-32-22-8-7-21(13-23(22)33-24)31-25(34)16-2-1-9-29-14-16/h1-14H,(H,30,35)(H,31,34)(H,32,33). The fraction of sp³-hybridized carbons (Fsp3) is 0. The molecule has 0 bridgehead atoms. The van der Waals surface area contributed by atoms with E-state index in [0.29, 0.717) is 38.4 Å². The molecular weight excluding hydrogens is 485 g/mol. The van der Waals surface area contributed by atoms with Gasteiger partial charge in [-0.15, -0.1) is 0 Å². The molecule has 172 valence electrons. The summed E-state index contributed by atoms with van der Waals surface area (Å²) < 4.78 is 0. The average Bonchev–Trinajstić information content (AvgIpc) is 3.28. The number of aromatic nitrogens is 3. The Morgan fingerprint density at radius 1 is 0.771 bits per heavy atom. The molecule has 0 unspecified atom stereocenters. The van der Waals surface area contributed by atoms with Gasteiger partial charge in [0.15, 0.2) is 0 Å². The Balaban J connectivity index is 1.31. The number of nitrogens with zero attached hydrogens (tertiary/aromatic N) is 2. The third kappa shape index (κ3) is 5.16. The molecule has 0 saturated heterocycles. The highest BCUT2D eigenvalue weighted by atomic mass is 35.5. The number of rotatable bonds is 5. The van der Waals surface area contributed by atoms with Crippen LogP contribution in [0.5, 0.6) is 0 Å². The lowest BCUT2D eigenvalue weighted by Crippen LogP contribution is -2.11. The number of amides is 2. The second-order valence-corrected chi connectivity index (χ2v) is 8.58. The highest BCUT2D eigenvalue weighted by Crippen LogP contribution is 2.25. The second kappa shape index (κ2) is 9.58. The van der Waals surface area contributed by atoms with Gasteiger partial charge in [0.1, 0.15) is 5.82 Å². The second-order valence-electron chi connectivity index (χ2n) is 7.70. The number of pyridine rings is 1. The number of carbonyl (C=O) groups is 2. The predicted octanol–water partition coefficient (Wildman–Crippen LogP) is 6.44. The van der Waals surface area contributed by atoms with Gasteiger partial charge >= 0.3 is 0 Å². The molecule has 0 aliphatic carbocycles. The zero-order valence-corrected chi connectivity index (χ0v) is 19.6. The Bertz CT molecular complexity index is 1530. The number of nitrogens with one attached hydrogen (secondary N) is 3. The molecule has 2 amide bonds. The number of hydrogen-bond donors (Lipinski definition) is 3. The first-order chi connectivity index (χ1) is 16.9. The monoisotopic (exact) mass is 501 g/mol. The normalized spacial score (nSPS) is 10.8. The minimum atomic E-state index is -0.313. The molecule has 2 aromatic heterocycles. The van der Waals surface area contributed by atoms with Crippen LogP contribution in [0.4, 0.5) is 11.4 Å².